The van der Waals surface area contributed by atoms with Crippen LogP contribution in [0.5, 0.6) is 17.2 Å². The fourth-order valence-electron chi connectivity index (χ4n) is 5.07. The molecule has 1 atom stereocenters. The van der Waals surface area contributed by atoms with Gasteiger partial charge in [-0.3, -0.25) is 9.36 Å². The van der Waals surface area contributed by atoms with Crippen molar-refractivity contribution in [1.29, 1.82) is 5.26 Å². The van der Waals surface area contributed by atoms with Crippen LogP contribution in [-0.4, -0.2) is 30.4 Å². The van der Waals surface area contributed by atoms with Gasteiger partial charge in [0.2, 0.25) is 0 Å². The van der Waals surface area contributed by atoms with E-state index in [1.54, 1.807) is 36.6 Å². The van der Waals surface area contributed by atoms with Gasteiger partial charge in [0.05, 0.1) is 53.3 Å². The summed E-state index contributed by atoms with van der Waals surface area (Å²) in [6.45, 7) is 8.60. The molecule has 0 N–H and O–H groups in total. The molecule has 0 saturated heterocycles. The van der Waals surface area contributed by atoms with Crippen LogP contribution in [-0.2, 0) is 16.1 Å². The van der Waals surface area contributed by atoms with Gasteiger partial charge in [-0.15, -0.1) is 0 Å². The monoisotopic (exact) mass is 623 g/mol. The van der Waals surface area contributed by atoms with Gasteiger partial charge in [0.1, 0.15) is 12.4 Å². The Morgan fingerprint density at radius 3 is 2.42 bits per heavy atom. The second-order valence-corrected chi connectivity index (χ2v) is 11.0. The number of carbonyl (C=O) groups excluding carboxylic acids is 1. The van der Waals surface area contributed by atoms with E-state index in [1.807, 2.05) is 68.4 Å². The molecule has 0 unspecified atom stereocenters. The number of thiazole rings is 1. The van der Waals surface area contributed by atoms with Crippen molar-refractivity contribution in [2.45, 2.75) is 40.3 Å². The van der Waals surface area contributed by atoms with Crippen LogP contribution in [0, 0.1) is 11.3 Å². The molecule has 10 heteroatoms. The molecule has 0 radical (unpaired) electrons. The van der Waals surface area contributed by atoms with E-state index in [0.29, 0.717) is 62.2 Å². The molecule has 45 heavy (non-hydrogen) atoms. The Hall–Kier alpha value is -5.14. The molecule has 5 rings (SSSR count). The van der Waals surface area contributed by atoms with E-state index in [4.69, 9.17) is 18.9 Å². The SMILES string of the molecule is CCOC(=O)C1=C(C)N=c2s/c(=C\c3ccc(OCc4ccccc4C#N)cc3)c(=O)n2[C@H]1c1ccc(OCC)c(OCC)c1. The van der Waals surface area contributed by atoms with E-state index >= 15 is 0 Å². The molecule has 3 aromatic carbocycles. The first kappa shape index (κ1) is 31.3. The minimum absolute atomic E-state index is 0.185. The van der Waals surface area contributed by atoms with Gasteiger partial charge in [-0.25, -0.2) is 9.79 Å². The number of fused-ring (bicyclic) bond motifs is 1. The first-order valence-electron chi connectivity index (χ1n) is 14.7. The molecule has 0 saturated carbocycles. The second kappa shape index (κ2) is 14.1. The van der Waals surface area contributed by atoms with Crippen molar-refractivity contribution in [1.82, 2.24) is 4.57 Å². The highest BCUT2D eigenvalue weighted by atomic mass is 32.1. The number of hydrogen-bond acceptors (Lipinski definition) is 9. The molecule has 0 aliphatic carbocycles. The van der Waals surface area contributed by atoms with Gasteiger partial charge in [0.15, 0.2) is 16.3 Å². The number of aromatic nitrogens is 1. The summed E-state index contributed by atoms with van der Waals surface area (Å²) in [7, 11) is 0. The van der Waals surface area contributed by atoms with Crippen molar-refractivity contribution in [3.63, 3.8) is 0 Å². The quantitative estimate of drug-likeness (QED) is 0.215. The van der Waals surface area contributed by atoms with E-state index in [-0.39, 0.29) is 18.8 Å². The van der Waals surface area contributed by atoms with Crippen LogP contribution in [0.15, 0.2) is 87.8 Å². The highest BCUT2D eigenvalue weighted by Crippen LogP contribution is 2.36. The molecule has 1 aliphatic rings. The van der Waals surface area contributed by atoms with Gasteiger partial charge in [-0.05, 0) is 75.2 Å². The number of benzene rings is 3. The molecule has 2 heterocycles. The van der Waals surface area contributed by atoms with Crippen molar-refractivity contribution in [2.24, 2.45) is 4.99 Å². The molecule has 4 aromatic rings. The molecule has 0 fully saturated rings. The van der Waals surface area contributed by atoms with Gasteiger partial charge in [0.25, 0.3) is 5.56 Å². The van der Waals surface area contributed by atoms with Crippen molar-refractivity contribution < 1.29 is 23.7 Å². The fraction of sp³-hybridized carbons (Fsp3) is 0.257. The summed E-state index contributed by atoms with van der Waals surface area (Å²) in [5.74, 6) is 1.21. The van der Waals surface area contributed by atoms with Crippen LogP contribution in [0.25, 0.3) is 6.08 Å². The normalized spacial score (nSPS) is 14.3. The van der Waals surface area contributed by atoms with Gasteiger partial charge in [-0.2, -0.15) is 5.26 Å². The Bertz CT molecular complexity index is 1970. The first-order valence-corrected chi connectivity index (χ1v) is 15.5. The molecule has 0 amide bonds. The van der Waals surface area contributed by atoms with E-state index in [0.717, 1.165) is 11.1 Å². The topological polar surface area (TPSA) is 112 Å². The molecule has 230 valence electrons. The maximum Gasteiger partial charge on any atom is 0.338 e. The maximum absolute atomic E-state index is 14.0. The molecular formula is C35H33N3O6S. The predicted octanol–water partition coefficient (Wildman–Crippen LogP) is 5.05. The Labute approximate surface area is 264 Å². The highest BCUT2D eigenvalue weighted by Gasteiger charge is 2.34. The summed E-state index contributed by atoms with van der Waals surface area (Å²) in [4.78, 5) is 32.4. The lowest BCUT2D eigenvalue weighted by Gasteiger charge is -2.25. The number of carbonyl (C=O) groups is 1. The Morgan fingerprint density at radius 2 is 1.71 bits per heavy atom. The summed E-state index contributed by atoms with van der Waals surface area (Å²) in [5, 5.41) is 9.32. The lowest BCUT2D eigenvalue weighted by molar-refractivity contribution is -0.139. The number of ether oxygens (including phenoxy) is 4. The lowest BCUT2D eigenvalue weighted by Crippen LogP contribution is -2.40. The summed E-state index contributed by atoms with van der Waals surface area (Å²) in [6.07, 6.45) is 1.79. The predicted molar refractivity (Wildman–Crippen MR) is 171 cm³/mol. The van der Waals surface area contributed by atoms with Gasteiger partial charge >= 0.3 is 5.97 Å². The Kier molecular flexibility index (Phi) is 9.80. The molecule has 0 spiro atoms. The standard InChI is InChI=1S/C35H33N3O6S/c1-5-41-28-17-14-24(19-29(28)42-6-2)32-31(34(40)43-7-3)22(4)37-35-38(32)33(39)30(45-35)18-23-12-15-27(16-13-23)44-21-26-11-9-8-10-25(26)20-36/h8-19,32H,5-7,21H2,1-4H3/b30-18-/t32-/m0/s1. The zero-order chi connectivity index (χ0) is 31.9. The van der Waals surface area contributed by atoms with Crippen LogP contribution in [0.1, 0.15) is 56.0 Å². The van der Waals surface area contributed by atoms with Crippen LogP contribution >= 0.6 is 11.3 Å². The van der Waals surface area contributed by atoms with E-state index in [1.165, 1.54) is 11.3 Å². The van der Waals surface area contributed by atoms with Gasteiger partial charge in [0, 0.05) is 5.56 Å². The first-order chi connectivity index (χ1) is 21.9. The molecule has 1 aromatic heterocycles. The number of nitriles is 1. The average Bonchev–Trinajstić information content (AvgIpc) is 3.34. The van der Waals surface area contributed by atoms with Crippen LogP contribution in [0.3, 0.4) is 0 Å². The lowest BCUT2D eigenvalue weighted by atomic mass is 9.95. The number of allylic oxidation sites excluding steroid dienone is 1. The smallest absolute Gasteiger partial charge is 0.338 e. The fourth-order valence-corrected chi connectivity index (χ4v) is 6.12. The third-order valence-electron chi connectivity index (χ3n) is 7.11. The third kappa shape index (κ3) is 6.69. The third-order valence-corrected chi connectivity index (χ3v) is 8.09. The summed E-state index contributed by atoms with van der Waals surface area (Å²) in [6, 6.07) is 21.5. The van der Waals surface area contributed by atoms with E-state index in [2.05, 4.69) is 11.1 Å². The largest absolute Gasteiger partial charge is 0.490 e. The highest BCUT2D eigenvalue weighted by molar-refractivity contribution is 7.07. The van der Waals surface area contributed by atoms with Crippen LogP contribution in [0.4, 0.5) is 0 Å². The summed E-state index contributed by atoms with van der Waals surface area (Å²) in [5.41, 5.74) is 3.34. The molecule has 0 bridgehead atoms. The minimum atomic E-state index is -0.774. The van der Waals surface area contributed by atoms with E-state index < -0.39 is 12.0 Å². The van der Waals surface area contributed by atoms with Crippen molar-refractivity contribution in [2.75, 3.05) is 19.8 Å². The molecule has 1 aliphatic heterocycles. The average molecular weight is 624 g/mol. The van der Waals surface area contributed by atoms with Crippen LogP contribution in [0.2, 0.25) is 0 Å². The van der Waals surface area contributed by atoms with Crippen molar-refractivity contribution in [3.05, 3.63) is 120 Å². The van der Waals surface area contributed by atoms with E-state index in [9.17, 15) is 14.9 Å². The minimum Gasteiger partial charge on any atom is -0.490 e. The Morgan fingerprint density at radius 1 is 0.978 bits per heavy atom. The summed E-state index contributed by atoms with van der Waals surface area (Å²) >= 11 is 1.25. The number of hydrogen-bond donors (Lipinski definition) is 0. The van der Waals surface area contributed by atoms with Crippen molar-refractivity contribution >= 4 is 23.4 Å². The Balaban J connectivity index is 1.52. The zero-order valence-corrected chi connectivity index (χ0v) is 26.3. The van der Waals surface area contributed by atoms with Gasteiger partial charge in [-0.1, -0.05) is 47.7 Å². The van der Waals surface area contributed by atoms with Crippen molar-refractivity contribution in [3.8, 4) is 23.3 Å². The summed E-state index contributed by atoms with van der Waals surface area (Å²) < 4.78 is 24.9. The molecular weight excluding hydrogens is 590 g/mol. The number of esters is 1. The van der Waals surface area contributed by atoms with Gasteiger partial charge < -0.3 is 18.9 Å². The second-order valence-electron chi connectivity index (χ2n) is 10.0. The number of rotatable bonds is 11. The maximum atomic E-state index is 14.0. The molecule has 9 nitrogen and oxygen atoms in total. The van der Waals surface area contributed by atoms with Crippen LogP contribution < -0.4 is 29.1 Å². The zero-order valence-electron chi connectivity index (χ0n) is 25.5. The number of nitrogens with zero attached hydrogens (tertiary/aromatic N) is 3.